The summed E-state index contributed by atoms with van der Waals surface area (Å²) in [5.41, 5.74) is 4.59. The highest BCUT2D eigenvalue weighted by molar-refractivity contribution is 6.22. The zero-order valence-corrected chi connectivity index (χ0v) is 20.4. The Bertz CT molecular complexity index is 1410. The number of aromatic nitrogens is 1. The van der Waals surface area contributed by atoms with Crippen molar-refractivity contribution in [3.05, 3.63) is 95.1 Å². The van der Waals surface area contributed by atoms with E-state index in [2.05, 4.69) is 10.3 Å². The molecule has 0 fully saturated rings. The molecule has 8 nitrogen and oxygen atoms in total. The van der Waals surface area contributed by atoms with E-state index in [1.165, 1.54) is 0 Å². The number of carbonyl (C=O) groups excluding carboxylic acids is 2. The number of rotatable bonds is 7. The van der Waals surface area contributed by atoms with E-state index in [-0.39, 0.29) is 18.5 Å². The summed E-state index contributed by atoms with van der Waals surface area (Å²) < 4.78 is 5.10. The van der Waals surface area contributed by atoms with Gasteiger partial charge in [-0.3, -0.25) is 0 Å². The van der Waals surface area contributed by atoms with Crippen LogP contribution in [0.3, 0.4) is 0 Å². The molecule has 0 bridgehead atoms. The third-order valence-electron chi connectivity index (χ3n) is 5.73. The number of H-pyrrole nitrogens is 1. The van der Waals surface area contributed by atoms with Gasteiger partial charge < -0.3 is 25.0 Å². The lowest BCUT2D eigenvalue weighted by Crippen LogP contribution is -2.34. The molecule has 2 amide bonds. The number of ether oxygens (including phenoxy) is 1. The number of fused-ring (bicyclic) bond motifs is 1. The Hall–Kier alpha value is -4.59. The lowest BCUT2D eigenvalue weighted by atomic mass is 10.00. The molecule has 0 saturated carbocycles. The Kier molecular flexibility index (Phi) is 7.34. The Balaban J connectivity index is 1.75. The van der Waals surface area contributed by atoms with Crippen molar-refractivity contribution in [1.82, 2.24) is 15.2 Å². The van der Waals surface area contributed by atoms with Crippen LogP contribution in [-0.2, 0) is 11.3 Å². The molecule has 1 aromatic heterocycles. The van der Waals surface area contributed by atoms with Crippen LogP contribution in [0, 0.1) is 0 Å². The fraction of sp³-hybridized carbons (Fsp3) is 0.179. The van der Waals surface area contributed by atoms with E-state index < -0.39 is 5.97 Å². The van der Waals surface area contributed by atoms with E-state index in [1.807, 2.05) is 54.6 Å². The van der Waals surface area contributed by atoms with Gasteiger partial charge in [-0.2, -0.15) is 0 Å². The summed E-state index contributed by atoms with van der Waals surface area (Å²) in [7, 11) is 3.32. The monoisotopic (exact) mass is 484 g/mol. The van der Waals surface area contributed by atoms with Crippen LogP contribution in [0.15, 0.2) is 77.8 Å². The van der Waals surface area contributed by atoms with Crippen molar-refractivity contribution in [3.8, 4) is 5.88 Å². The van der Waals surface area contributed by atoms with Crippen LogP contribution in [0.1, 0.15) is 34.0 Å². The van der Waals surface area contributed by atoms with Gasteiger partial charge in [0.05, 0.1) is 29.1 Å². The number of benzene rings is 3. The first-order valence-electron chi connectivity index (χ1n) is 11.6. The molecule has 8 heteroatoms. The largest absolute Gasteiger partial charge is 0.494 e. The van der Waals surface area contributed by atoms with E-state index in [9.17, 15) is 14.7 Å². The zero-order valence-electron chi connectivity index (χ0n) is 20.4. The summed E-state index contributed by atoms with van der Waals surface area (Å²) in [6, 6.07) is 22.1. The quantitative estimate of drug-likeness (QED) is 0.254. The molecular formula is C28H28N4O4. The van der Waals surface area contributed by atoms with Gasteiger partial charge in [0, 0.05) is 37.1 Å². The first-order chi connectivity index (χ1) is 17.4. The molecule has 184 valence electrons. The molecule has 36 heavy (non-hydrogen) atoms. The van der Waals surface area contributed by atoms with E-state index in [1.54, 1.807) is 44.1 Å². The van der Waals surface area contributed by atoms with Crippen molar-refractivity contribution in [3.63, 3.8) is 0 Å². The topological polar surface area (TPSA) is 107 Å². The molecule has 0 unspecified atom stereocenters. The summed E-state index contributed by atoms with van der Waals surface area (Å²) in [5, 5.41) is 14.2. The highest BCUT2D eigenvalue weighted by Crippen LogP contribution is 2.32. The second-order valence-electron chi connectivity index (χ2n) is 8.23. The third-order valence-corrected chi connectivity index (χ3v) is 5.73. The zero-order chi connectivity index (χ0) is 25.7. The molecular weight excluding hydrogens is 456 g/mol. The Morgan fingerprint density at radius 1 is 1.03 bits per heavy atom. The van der Waals surface area contributed by atoms with Crippen molar-refractivity contribution in [1.29, 1.82) is 0 Å². The van der Waals surface area contributed by atoms with Crippen molar-refractivity contribution < 1.29 is 19.4 Å². The number of nitrogens with one attached hydrogen (secondary N) is 2. The van der Waals surface area contributed by atoms with Crippen LogP contribution >= 0.6 is 0 Å². The molecule has 3 aromatic carbocycles. The van der Waals surface area contributed by atoms with Crippen LogP contribution in [0.2, 0.25) is 0 Å². The van der Waals surface area contributed by atoms with Gasteiger partial charge in [0.15, 0.2) is 5.88 Å². The SMILES string of the molecule is CCOC(=O)c1ccc2c(C(=Nc3ccc(CN(C)C(=O)NC)cc3)c3ccccc3)c(O)[nH]c2c1. The summed E-state index contributed by atoms with van der Waals surface area (Å²) in [4.78, 5) is 33.4. The second-order valence-corrected chi connectivity index (χ2v) is 8.23. The highest BCUT2D eigenvalue weighted by Gasteiger charge is 2.20. The second kappa shape index (κ2) is 10.8. The van der Waals surface area contributed by atoms with Gasteiger partial charge in [-0.1, -0.05) is 48.5 Å². The summed E-state index contributed by atoms with van der Waals surface area (Å²) in [6.45, 7) is 2.50. The predicted octanol–water partition coefficient (Wildman–Crippen LogP) is 4.99. The van der Waals surface area contributed by atoms with E-state index in [0.29, 0.717) is 34.6 Å². The summed E-state index contributed by atoms with van der Waals surface area (Å²) >= 11 is 0. The van der Waals surface area contributed by atoms with Gasteiger partial charge in [-0.15, -0.1) is 0 Å². The van der Waals surface area contributed by atoms with Gasteiger partial charge in [-0.25, -0.2) is 14.6 Å². The minimum absolute atomic E-state index is 0.0440. The molecule has 0 atom stereocenters. The number of carbonyl (C=O) groups is 2. The lowest BCUT2D eigenvalue weighted by molar-refractivity contribution is 0.0526. The molecule has 4 aromatic rings. The third kappa shape index (κ3) is 5.22. The molecule has 3 N–H and O–H groups in total. The summed E-state index contributed by atoms with van der Waals surface area (Å²) in [5.74, 6) is -0.466. The van der Waals surface area contributed by atoms with E-state index >= 15 is 0 Å². The maximum atomic E-state index is 12.2. The number of urea groups is 1. The number of hydrogen-bond donors (Lipinski definition) is 3. The first-order valence-corrected chi connectivity index (χ1v) is 11.6. The Labute approximate surface area is 209 Å². The number of aromatic hydroxyl groups is 1. The fourth-order valence-electron chi connectivity index (χ4n) is 3.97. The molecule has 0 saturated heterocycles. The maximum Gasteiger partial charge on any atom is 0.338 e. The van der Waals surface area contributed by atoms with Gasteiger partial charge in [0.2, 0.25) is 0 Å². The van der Waals surface area contributed by atoms with E-state index in [4.69, 9.17) is 9.73 Å². The lowest BCUT2D eigenvalue weighted by Gasteiger charge is -2.16. The average molecular weight is 485 g/mol. The number of hydrogen-bond acceptors (Lipinski definition) is 5. The van der Waals surface area contributed by atoms with Crippen LogP contribution in [0.25, 0.3) is 10.9 Å². The van der Waals surface area contributed by atoms with Crippen molar-refractivity contribution >= 4 is 34.3 Å². The number of aliphatic imine (C=N–C) groups is 1. The van der Waals surface area contributed by atoms with Crippen LogP contribution < -0.4 is 5.32 Å². The van der Waals surface area contributed by atoms with Crippen LogP contribution in [-0.4, -0.2) is 53.4 Å². The number of aromatic amines is 1. The number of esters is 1. The van der Waals surface area contributed by atoms with Gasteiger partial charge in [0.1, 0.15) is 0 Å². The smallest absolute Gasteiger partial charge is 0.338 e. The molecule has 0 radical (unpaired) electrons. The number of nitrogens with zero attached hydrogens (tertiary/aromatic N) is 2. The highest BCUT2D eigenvalue weighted by atomic mass is 16.5. The van der Waals surface area contributed by atoms with Crippen LogP contribution in [0.5, 0.6) is 5.88 Å². The number of amides is 2. The molecule has 0 aliphatic heterocycles. The molecule has 1 heterocycles. The summed E-state index contributed by atoms with van der Waals surface area (Å²) in [6.07, 6.45) is 0. The minimum Gasteiger partial charge on any atom is -0.494 e. The Morgan fingerprint density at radius 3 is 2.42 bits per heavy atom. The van der Waals surface area contributed by atoms with Crippen molar-refractivity contribution in [2.45, 2.75) is 13.5 Å². The van der Waals surface area contributed by atoms with Gasteiger partial charge in [-0.05, 0) is 36.8 Å². The average Bonchev–Trinajstić information content (AvgIpc) is 3.23. The van der Waals surface area contributed by atoms with Crippen molar-refractivity contribution in [2.24, 2.45) is 4.99 Å². The Morgan fingerprint density at radius 2 is 1.75 bits per heavy atom. The normalized spacial score (nSPS) is 11.4. The molecule has 0 aliphatic carbocycles. The molecule has 4 rings (SSSR count). The standard InChI is InChI=1S/C28H28N4O4/c1-4-36-27(34)20-12-15-22-23(16-20)31-26(33)24(22)25(19-8-6-5-7-9-19)30-21-13-10-18(11-14-21)17-32(3)28(35)29-2/h5-16,31,33H,4,17H2,1-3H3,(H,29,35). The fourth-order valence-corrected chi connectivity index (χ4v) is 3.97. The minimum atomic E-state index is -0.422. The molecule has 0 spiro atoms. The first kappa shape index (κ1) is 24.5. The van der Waals surface area contributed by atoms with Crippen molar-refractivity contribution in [2.75, 3.05) is 20.7 Å². The van der Waals surface area contributed by atoms with Crippen LogP contribution in [0.4, 0.5) is 10.5 Å². The van der Waals surface area contributed by atoms with Gasteiger partial charge >= 0.3 is 12.0 Å². The molecule has 0 aliphatic rings. The van der Waals surface area contributed by atoms with E-state index in [0.717, 1.165) is 16.5 Å². The predicted molar refractivity (Wildman–Crippen MR) is 140 cm³/mol. The van der Waals surface area contributed by atoms with Gasteiger partial charge in [0.25, 0.3) is 0 Å². The maximum absolute atomic E-state index is 12.2.